The van der Waals surface area contributed by atoms with Gasteiger partial charge in [-0.1, -0.05) is 44.4 Å². The predicted molar refractivity (Wildman–Crippen MR) is 81.3 cm³/mol. The molecule has 0 amide bonds. The predicted octanol–water partition coefficient (Wildman–Crippen LogP) is 4.83. The molecule has 1 aromatic carbocycles. The van der Waals surface area contributed by atoms with E-state index in [2.05, 4.69) is 19.2 Å². The molecule has 0 heterocycles. The van der Waals surface area contributed by atoms with Crippen LogP contribution >= 0.6 is 11.6 Å². The summed E-state index contributed by atoms with van der Waals surface area (Å²) in [6, 6.07) is 5.10. The summed E-state index contributed by atoms with van der Waals surface area (Å²) < 4.78 is 13.1. The lowest BCUT2D eigenvalue weighted by atomic mass is 9.87. The first kappa shape index (κ1) is 16.5. The standard InChI is InChI=1S/C16H25ClFN/c1-4-6-12(7-5-2)16(19-3)10-13-8-9-14(18)11-15(13)17/h8-9,11-12,16,19H,4-7,10H2,1-3H3. The average Bonchev–Trinajstić information content (AvgIpc) is 2.38. The largest absolute Gasteiger partial charge is 0.316 e. The molecule has 1 unspecified atom stereocenters. The highest BCUT2D eigenvalue weighted by Gasteiger charge is 2.20. The third kappa shape index (κ3) is 5.12. The van der Waals surface area contributed by atoms with Crippen molar-refractivity contribution in [3.05, 3.63) is 34.6 Å². The second-order valence-corrected chi connectivity index (χ2v) is 5.58. The van der Waals surface area contributed by atoms with Gasteiger partial charge in [0.15, 0.2) is 0 Å². The maximum atomic E-state index is 13.1. The molecule has 0 bridgehead atoms. The first-order chi connectivity index (χ1) is 9.12. The van der Waals surface area contributed by atoms with Gasteiger partial charge in [0.05, 0.1) is 0 Å². The molecule has 0 aliphatic rings. The molecular weight excluding hydrogens is 261 g/mol. The second kappa shape index (κ2) is 8.55. The Morgan fingerprint density at radius 2 is 1.84 bits per heavy atom. The summed E-state index contributed by atoms with van der Waals surface area (Å²) in [5.41, 5.74) is 1.03. The topological polar surface area (TPSA) is 12.0 Å². The fraction of sp³-hybridized carbons (Fsp3) is 0.625. The van der Waals surface area contributed by atoms with E-state index in [9.17, 15) is 4.39 Å². The van der Waals surface area contributed by atoms with Crippen LogP contribution in [0.2, 0.25) is 5.02 Å². The number of rotatable bonds is 8. The molecule has 1 aromatic rings. The van der Waals surface area contributed by atoms with Crippen LogP contribution in [0.3, 0.4) is 0 Å². The smallest absolute Gasteiger partial charge is 0.124 e. The van der Waals surface area contributed by atoms with E-state index in [1.54, 1.807) is 6.07 Å². The van der Waals surface area contributed by atoms with Crippen molar-refractivity contribution in [2.75, 3.05) is 7.05 Å². The van der Waals surface area contributed by atoms with Crippen LogP contribution in [0.4, 0.5) is 4.39 Å². The Morgan fingerprint density at radius 3 is 2.32 bits per heavy atom. The Balaban J connectivity index is 2.78. The summed E-state index contributed by atoms with van der Waals surface area (Å²) >= 11 is 6.12. The first-order valence-corrected chi connectivity index (χ1v) is 7.61. The zero-order valence-electron chi connectivity index (χ0n) is 12.2. The van der Waals surface area contributed by atoms with Crippen molar-refractivity contribution in [2.24, 2.45) is 5.92 Å². The van der Waals surface area contributed by atoms with Gasteiger partial charge in [-0.25, -0.2) is 4.39 Å². The van der Waals surface area contributed by atoms with Crippen LogP contribution in [-0.2, 0) is 6.42 Å². The van der Waals surface area contributed by atoms with Gasteiger partial charge in [0.25, 0.3) is 0 Å². The number of nitrogens with one attached hydrogen (secondary N) is 1. The first-order valence-electron chi connectivity index (χ1n) is 7.23. The van der Waals surface area contributed by atoms with Crippen LogP contribution in [0.1, 0.15) is 45.1 Å². The van der Waals surface area contributed by atoms with Crippen LogP contribution in [0.25, 0.3) is 0 Å². The van der Waals surface area contributed by atoms with Crippen LogP contribution in [0, 0.1) is 11.7 Å². The zero-order chi connectivity index (χ0) is 14.3. The SMILES string of the molecule is CCCC(CCC)C(Cc1ccc(F)cc1Cl)NC. The third-order valence-corrected chi connectivity index (χ3v) is 4.07. The van der Waals surface area contributed by atoms with Crippen LogP contribution in [0.15, 0.2) is 18.2 Å². The lowest BCUT2D eigenvalue weighted by Crippen LogP contribution is -2.35. The molecule has 19 heavy (non-hydrogen) atoms. The summed E-state index contributed by atoms with van der Waals surface area (Å²) in [6.07, 6.45) is 5.69. The van der Waals surface area contributed by atoms with Gasteiger partial charge in [0.2, 0.25) is 0 Å². The maximum absolute atomic E-state index is 13.1. The van der Waals surface area contributed by atoms with Crippen molar-refractivity contribution in [1.82, 2.24) is 5.32 Å². The van der Waals surface area contributed by atoms with E-state index in [0.717, 1.165) is 12.0 Å². The van der Waals surface area contributed by atoms with Gasteiger partial charge >= 0.3 is 0 Å². The molecule has 0 aliphatic heterocycles. The molecule has 0 radical (unpaired) electrons. The fourth-order valence-corrected chi connectivity index (χ4v) is 2.96. The van der Waals surface area contributed by atoms with Gasteiger partial charge in [-0.3, -0.25) is 0 Å². The Hall–Kier alpha value is -0.600. The van der Waals surface area contributed by atoms with Gasteiger partial charge in [-0.05, 0) is 49.9 Å². The van der Waals surface area contributed by atoms with Crippen molar-refractivity contribution in [3.8, 4) is 0 Å². The summed E-state index contributed by atoms with van der Waals surface area (Å²) in [5.74, 6) is 0.384. The third-order valence-electron chi connectivity index (χ3n) is 3.71. The molecular formula is C16H25ClFN. The fourth-order valence-electron chi connectivity index (χ4n) is 2.72. The summed E-state index contributed by atoms with van der Waals surface area (Å²) in [6.45, 7) is 4.44. The number of likely N-dealkylation sites (N-methyl/N-ethyl adjacent to an activating group) is 1. The Morgan fingerprint density at radius 1 is 1.21 bits per heavy atom. The van der Waals surface area contributed by atoms with Crippen LogP contribution in [0.5, 0.6) is 0 Å². The molecule has 0 saturated carbocycles. The summed E-state index contributed by atoms with van der Waals surface area (Å²) in [5, 5.41) is 3.94. The maximum Gasteiger partial charge on any atom is 0.124 e. The van der Waals surface area contributed by atoms with Gasteiger partial charge < -0.3 is 5.32 Å². The minimum atomic E-state index is -0.270. The molecule has 3 heteroatoms. The molecule has 1 N–H and O–H groups in total. The van der Waals surface area contributed by atoms with E-state index in [4.69, 9.17) is 11.6 Å². The normalized spacial score (nSPS) is 12.9. The van der Waals surface area contributed by atoms with Gasteiger partial charge in [0.1, 0.15) is 5.82 Å². The monoisotopic (exact) mass is 285 g/mol. The number of halogens is 2. The highest BCUT2D eigenvalue weighted by molar-refractivity contribution is 6.31. The Labute approximate surface area is 121 Å². The number of hydrogen-bond acceptors (Lipinski definition) is 1. The van der Waals surface area contributed by atoms with E-state index in [-0.39, 0.29) is 5.82 Å². The molecule has 0 saturated heterocycles. The van der Waals surface area contributed by atoms with E-state index in [0.29, 0.717) is 17.0 Å². The number of benzene rings is 1. The van der Waals surface area contributed by atoms with Gasteiger partial charge in [-0.15, -0.1) is 0 Å². The van der Waals surface area contributed by atoms with Crippen molar-refractivity contribution in [3.63, 3.8) is 0 Å². The van der Waals surface area contributed by atoms with E-state index >= 15 is 0 Å². The van der Waals surface area contributed by atoms with Crippen LogP contribution in [-0.4, -0.2) is 13.1 Å². The molecule has 1 atom stereocenters. The lowest BCUT2D eigenvalue weighted by molar-refractivity contribution is 0.322. The van der Waals surface area contributed by atoms with Crippen LogP contribution < -0.4 is 5.32 Å². The summed E-state index contributed by atoms with van der Waals surface area (Å²) in [4.78, 5) is 0. The minimum absolute atomic E-state index is 0.270. The molecule has 0 fully saturated rings. The summed E-state index contributed by atoms with van der Waals surface area (Å²) in [7, 11) is 2.00. The molecule has 1 rings (SSSR count). The molecule has 0 spiro atoms. The quantitative estimate of drug-likeness (QED) is 0.722. The molecule has 0 aromatic heterocycles. The number of hydrogen-bond donors (Lipinski definition) is 1. The van der Waals surface area contributed by atoms with Gasteiger partial charge in [-0.2, -0.15) is 0 Å². The Bertz CT molecular complexity index is 375. The van der Waals surface area contributed by atoms with E-state index < -0.39 is 0 Å². The van der Waals surface area contributed by atoms with E-state index in [1.807, 2.05) is 7.05 Å². The van der Waals surface area contributed by atoms with Crippen molar-refractivity contribution >= 4 is 11.6 Å². The van der Waals surface area contributed by atoms with Crippen molar-refractivity contribution in [2.45, 2.75) is 52.0 Å². The second-order valence-electron chi connectivity index (χ2n) is 5.17. The molecule has 108 valence electrons. The molecule has 0 aliphatic carbocycles. The Kier molecular flexibility index (Phi) is 7.40. The van der Waals surface area contributed by atoms with Crippen molar-refractivity contribution < 1.29 is 4.39 Å². The highest BCUT2D eigenvalue weighted by Crippen LogP contribution is 2.24. The average molecular weight is 286 g/mol. The molecule has 1 nitrogen and oxygen atoms in total. The van der Waals surface area contributed by atoms with E-state index in [1.165, 1.54) is 37.8 Å². The van der Waals surface area contributed by atoms with Gasteiger partial charge in [0, 0.05) is 11.1 Å². The lowest BCUT2D eigenvalue weighted by Gasteiger charge is -2.27. The minimum Gasteiger partial charge on any atom is -0.316 e. The zero-order valence-corrected chi connectivity index (χ0v) is 12.9. The highest BCUT2D eigenvalue weighted by atomic mass is 35.5. The van der Waals surface area contributed by atoms with Crippen molar-refractivity contribution in [1.29, 1.82) is 0 Å².